The van der Waals surface area contributed by atoms with E-state index < -0.39 is 11.5 Å². The summed E-state index contributed by atoms with van der Waals surface area (Å²) >= 11 is 0. The minimum atomic E-state index is -0.509. The van der Waals surface area contributed by atoms with E-state index in [1.54, 1.807) is 31.2 Å². The van der Waals surface area contributed by atoms with Gasteiger partial charge in [0, 0.05) is 18.3 Å². The molecule has 0 saturated carbocycles. The van der Waals surface area contributed by atoms with Gasteiger partial charge in [0.05, 0.1) is 11.9 Å². The number of carbonyl (C=O) groups excluding carboxylic acids is 2. The number of hydrogen-bond acceptors (Lipinski definition) is 6. The SMILES string of the molecule is CCNC(=O)COc1cccc(NC(=O)c2c(C)oc3nc[nH]c(=O)c23)c1. The molecule has 2 amide bonds. The van der Waals surface area contributed by atoms with Gasteiger partial charge >= 0.3 is 0 Å². The first-order chi connectivity index (χ1) is 13.0. The molecule has 2 aromatic heterocycles. The molecule has 0 aliphatic heterocycles. The molecule has 9 nitrogen and oxygen atoms in total. The van der Waals surface area contributed by atoms with Gasteiger partial charge in [-0.15, -0.1) is 0 Å². The lowest BCUT2D eigenvalue weighted by atomic mass is 10.1. The number of amides is 2. The largest absolute Gasteiger partial charge is 0.484 e. The maximum atomic E-state index is 12.7. The number of aromatic nitrogens is 2. The van der Waals surface area contributed by atoms with Crippen LogP contribution in [0.4, 0.5) is 5.69 Å². The van der Waals surface area contributed by atoms with Crippen LogP contribution in [0.5, 0.6) is 5.75 Å². The van der Waals surface area contributed by atoms with E-state index in [9.17, 15) is 14.4 Å². The van der Waals surface area contributed by atoms with Crippen molar-refractivity contribution in [2.24, 2.45) is 0 Å². The predicted molar refractivity (Wildman–Crippen MR) is 97.9 cm³/mol. The summed E-state index contributed by atoms with van der Waals surface area (Å²) in [6.07, 6.45) is 1.21. The van der Waals surface area contributed by atoms with E-state index in [0.29, 0.717) is 18.0 Å². The molecule has 0 atom stereocenters. The van der Waals surface area contributed by atoms with E-state index in [-0.39, 0.29) is 34.9 Å². The van der Waals surface area contributed by atoms with Crippen LogP contribution in [0, 0.1) is 6.92 Å². The molecule has 0 unspecified atom stereocenters. The number of carbonyl (C=O) groups is 2. The molecule has 0 radical (unpaired) electrons. The fourth-order valence-electron chi connectivity index (χ4n) is 2.58. The van der Waals surface area contributed by atoms with Crippen molar-refractivity contribution >= 4 is 28.6 Å². The van der Waals surface area contributed by atoms with Gasteiger partial charge in [0.2, 0.25) is 5.71 Å². The van der Waals surface area contributed by atoms with Crippen molar-refractivity contribution < 1.29 is 18.7 Å². The number of nitrogens with one attached hydrogen (secondary N) is 3. The van der Waals surface area contributed by atoms with E-state index in [0.717, 1.165) is 0 Å². The molecule has 0 aliphatic carbocycles. The normalized spacial score (nSPS) is 10.6. The zero-order chi connectivity index (χ0) is 19.4. The smallest absolute Gasteiger partial charge is 0.262 e. The number of nitrogens with zero attached hydrogens (tertiary/aromatic N) is 1. The van der Waals surface area contributed by atoms with Gasteiger partial charge in [0.15, 0.2) is 6.61 Å². The maximum absolute atomic E-state index is 12.7. The highest BCUT2D eigenvalue weighted by molar-refractivity contribution is 6.12. The number of likely N-dealkylation sites (N-methyl/N-ethyl adjacent to an activating group) is 1. The fourth-order valence-corrected chi connectivity index (χ4v) is 2.58. The van der Waals surface area contributed by atoms with E-state index in [1.807, 2.05) is 6.92 Å². The number of aromatic amines is 1. The minimum absolute atomic E-state index is 0.0936. The zero-order valence-corrected chi connectivity index (χ0v) is 14.8. The third kappa shape index (κ3) is 3.97. The first-order valence-electron chi connectivity index (χ1n) is 8.27. The van der Waals surface area contributed by atoms with Crippen molar-refractivity contribution in [1.29, 1.82) is 0 Å². The summed E-state index contributed by atoms with van der Waals surface area (Å²) in [4.78, 5) is 42.5. The zero-order valence-electron chi connectivity index (χ0n) is 14.8. The number of anilines is 1. The first kappa shape index (κ1) is 18.2. The van der Waals surface area contributed by atoms with Crippen LogP contribution >= 0.6 is 0 Å². The molecule has 0 saturated heterocycles. The highest BCUT2D eigenvalue weighted by atomic mass is 16.5. The third-order valence-electron chi connectivity index (χ3n) is 3.73. The van der Waals surface area contributed by atoms with Crippen LogP contribution in [-0.4, -0.2) is 34.9 Å². The van der Waals surface area contributed by atoms with Gasteiger partial charge in [0.25, 0.3) is 17.4 Å². The standard InChI is InChI=1S/C18H18N4O5/c1-3-19-13(23)8-26-12-6-4-5-11(7-12)22-17(25)14-10(2)27-18-15(14)16(24)20-9-21-18/h4-7,9H,3,8H2,1-2H3,(H,19,23)(H,22,25)(H,20,21,24). The van der Waals surface area contributed by atoms with Crippen molar-refractivity contribution in [2.45, 2.75) is 13.8 Å². The van der Waals surface area contributed by atoms with E-state index >= 15 is 0 Å². The number of aryl methyl sites for hydroxylation is 1. The molecule has 0 bridgehead atoms. The van der Waals surface area contributed by atoms with Crippen molar-refractivity contribution in [3.05, 3.63) is 52.3 Å². The summed E-state index contributed by atoms with van der Waals surface area (Å²) in [5.41, 5.74) is 0.205. The monoisotopic (exact) mass is 370 g/mol. The number of rotatable bonds is 6. The van der Waals surface area contributed by atoms with Crippen LogP contribution in [0.25, 0.3) is 11.1 Å². The van der Waals surface area contributed by atoms with Gasteiger partial charge in [-0.1, -0.05) is 6.07 Å². The number of H-pyrrole nitrogens is 1. The van der Waals surface area contributed by atoms with Crippen LogP contribution in [0.3, 0.4) is 0 Å². The maximum Gasteiger partial charge on any atom is 0.262 e. The quantitative estimate of drug-likeness (QED) is 0.605. The van der Waals surface area contributed by atoms with Crippen LogP contribution in [0.2, 0.25) is 0 Å². The predicted octanol–water partition coefficient (Wildman–Crippen LogP) is 1.59. The average molecular weight is 370 g/mol. The van der Waals surface area contributed by atoms with Crippen molar-refractivity contribution in [1.82, 2.24) is 15.3 Å². The fraction of sp³-hybridized carbons (Fsp3) is 0.222. The van der Waals surface area contributed by atoms with E-state index in [2.05, 4.69) is 20.6 Å². The van der Waals surface area contributed by atoms with Crippen molar-refractivity contribution in [3.63, 3.8) is 0 Å². The molecule has 27 heavy (non-hydrogen) atoms. The average Bonchev–Trinajstić information content (AvgIpc) is 2.98. The summed E-state index contributed by atoms with van der Waals surface area (Å²) < 4.78 is 10.8. The second-order valence-corrected chi connectivity index (χ2v) is 5.67. The van der Waals surface area contributed by atoms with Crippen molar-refractivity contribution in [3.8, 4) is 5.75 Å². The molecule has 1 aromatic carbocycles. The Bertz CT molecular complexity index is 1050. The Morgan fingerprint density at radius 2 is 2.15 bits per heavy atom. The lowest BCUT2D eigenvalue weighted by molar-refractivity contribution is -0.122. The second kappa shape index (κ2) is 7.73. The van der Waals surface area contributed by atoms with Gasteiger partial charge in [-0.2, -0.15) is 0 Å². The summed E-state index contributed by atoms with van der Waals surface area (Å²) in [7, 11) is 0. The molecule has 2 heterocycles. The van der Waals surface area contributed by atoms with Crippen LogP contribution in [-0.2, 0) is 4.79 Å². The van der Waals surface area contributed by atoms with Gasteiger partial charge in [-0.25, -0.2) is 4.98 Å². The summed E-state index contributed by atoms with van der Waals surface area (Å²) in [6.45, 7) is 3.79. The molecule has 3 rings (SSSR count). The Morgan fingerprint density at radius 3 is 2.93 bits per heavy atom. The number of fused-ring (bicyclic) bond motifs is 1. The second-order valence-electron chi connectivity index (χ2n) is 5.67. The van der Waals surface area contributed by atoms with E-state index in [4.69, 9.17) is 9.15 Å². The molecule has 0 fully saturated rings. The Balaban J connectivity index is 1.79. The van der Waals surface area contributed by atoms with Gasteiger partial charge in [0.1, 0.15) is 16.9 Å². The number of hydrogen-bond donors (Lipinski definition) is 3. The van der Waals surface area contributed by atoms with Gasteiger partial charge in [-0.3, -0.25) is 14.4 Å². The molecule has 9 heteroatoms. The summed E-state index contributed by atoms with van der Waals surface area (Å²) in [5.74, 6) is -0.0348. The van der Waals surface area contributed by atoms with Gasteiger partial charge < -0.3 is 24.8 Å². The molecule has 0 spiro atoms. The highest BCUT2D eigenvalue weighted by Crippen LogP contribution is 2.23. The Kier molecular flexibility index (Phi) is 5.20. The van der Waals surface area contributed by atoms with Crippen LogP contribution < -0.4 is 20.9 Å². The number of furan rings is 1. The number of ether oxygens (including phenoxy) is 1. The van der Waals surface area contributed by atoms with Crippen LogP contribution in [0.15, 0.2) is 39.8 Å². The molecule has 140 valence electrons. The Hall–Kier alpha value is -3.62. The summed E-state index contributed by atoms with van der Waals surface area (Å²) in [6, 6.07) is 6.59. The van der Waals surface area contributed by atoms with Crippen molar-refractivity contribution in [2.75, 3.05) is 18.5 Å². The lowest BCUT2D eigenvalue weighted by Crippen LogP contribution is -2.28. The Labute approximate surface area is 153 Å². The van der Waals surface area contributed by atoms with Gasteiger partial charge in [-0.05, 0) is 26.0 Å². The topological polar surface area (TPSA) is 126 Å². The molecule has 0 aliphatic rings. The molecular weight excluding hydrogens is 352 g/mol. The minimum Gasteiger partial charge on any atom is -0.484 e. The molecule has 3 N–H and O–H groups in total. The Morgan fingerprint density at radius 1 is 1.33 bits per heavy atom. The lowest BCUT2D eigenvalue weighted by Gasteiger charge is -2.09. The third-order valence-corrected chi connectivity index (χ3v) is 3.73. The summed E-state index contributed by atoms with van der Waals surface area (Å²) in [5, 5.41) is 5.42. The molecular formula is C18H18N4O5. The first-order valence-corrected chi connectivity index (χ1v) is 8.27. The van der Waals surface area contributed by atoms with E-state index in [1.165, 1.54) is 6.33 Å². The number of benzene rings is 1. The molecule has 3 aromatic rings. The highest BCUT2D eigenvalue weighted by Gasteiger charge is 2.21. The van der Waals surface area contributed by atoms with Crippen LogP contribution in [0.1, 0.15) is 23.0 Å².